The zero-order valence-corrected chi connectivity index (χ0v) is 21.9. The zero-order valence-electron chi connectivity index (χ0n) is 19.5. The Morgan fingerprint density at radius 3 is 2.44 bits per heavy atom. The van der Waals surface area contributed by atoms with Crippen molar-refractivity contribution < 1.29 is 14.3 Å². The molecule has 7 nitrogen and oxygen atoms in total. The van der Waals surface area contributed by atoms with Gasteiger partial charge in [-0.1, -0.05) is 26.0 Å². The summed E-state index contributed by atoms with van der Waals surface area (Å²) in [7, 11) is 1.62. The molecule has 176 valence electrons. The van der Waals surface area contributed by atoms with Gasteiger partial charge in [0.2, 0.25) is 5.91 Å². The average Bonchev–Trinajstić information content (AvgIpc) is 2.77. The summed E-state index contributed by atoms with van der Waals surface area (Å²) >= 11 is 0. The van der Waals surface area contributed by atoms with Gasteiger partial charge in [0, 0.05) is 29.9 Å². The number of nitrogens with one attached hydrogen (secondary N) is 3. The summed E-state index contributed by atoms with van der Waals surface area (Å²) in [6.07, 6.45) is 0.809. The number of hydrogen-bond acceptors (Lipinski definition) is 4. The standard InChI is InChI=1S/C24H34N4O3.HI/c1-6-17(4)23(29)27-19-11-9-10-18(14-19)16-26-24(25-7-2)28-20-12-13-21(30-5)22(15-20)31-8-3;/h9-15,17H,6-8,16H2,1-5H3,(H,27,29)(H2,25,26,28);1H. The minimum atomic E-state index is -0.0164. The summed E-state index contributed by atoms with van der Waals surface area (Å²) in [5.41, 5.74) is 2.63. The highest BCUT2D eigenvalue weighted by Crippen LogP contribution is 2.30. The van der Waals surface area contributed by atoms with Crippen LogP contribution in [0.1, 0.15) is 39.7 Å². The van der Waals surface area contributed by atoms with Crippen molar-refractivity contribution >= 4 is 47.2 Å². The van der Waals surface area contributed by atoms with Crippen LogP contribution in [-0.2, 0) is 11.3 Å². The van der Waals surface area contributed by atoms with Gasteiger partial charge in [0.15, 0.2) is 17.5 Å². The Balaban J connectivity index is 0.00000512. The van der Waals surface area contributed by atoms with Crippen LogP contribution in [0, 0.1) is 5.92 Å². The molecule has 8 heteroatoms. The van der Waals surface area contributed by atoms with Crippen molar-refractivity contribution in [2.75, 3.05) is 30.9 Å². The molecule has 0 fully saturated rings. The number of aliphatic imine (C=N–C) groups is 1. The van der Waals surface area contributed by atoms with Crippen molar-refractivity contribution in [3.05, 3.63) is 48.0 Å². The molecule has 1 unspecified atom stereocenters. The number of nitrogens with zero attached hydrogens (tertiary/aromatic N) is 1. The third kappa shape index (κ3) is 8.57. The molecule has 0 aliphatic rings. The molecule has 1 atom stereocenters. The number of anilines is 2. The first-order valence-electron chi connectivity index (χ1n) is 10.8. The fraction of sp³-hybridized carbons (Fsp3) is 0.417. The molecule has 0 aliphatic heterocycles. The van der Waals surface area contributed by atoms with Crippen molar-refractivity contribution in [1.29, 1.82) is 0 Å². The van der Waals surface area contributed by atoms with Crippen LogP contribution in [-0.4, -0.2) is 32.1 Å². The third-order valence-corrected chi connectivity index (χ3v) is 4.74. The molecule has 2 aromatic rings. The number of guanidine groups is 1. The van der Waals surface area contributed by atoms with Crippen LogP contribution in [0.2, 0.25) is 0 Å². The Labute approximate surface area is 208 Å². The van der Waals surface area contributed by atoms with Crippen LogP contribution in [0.3, 0.4) is 0 Å². The molecule has 0 radical (unpaired) electrons. The van der Waals surface area contributed by atoms with Crippen molar-refractivity contribution in [2.24, 2.45) is 10.9 Å². The lowest BCUT2D eigenvalue weighted by Crippen LogP contribution is -2.30. The molecule has 0 aromatic heterocycles. The number of benzene rings is 2. The molecule has 0 saturated carbocycles. The zero-order chi connectivity index (χ0) is 22.6. The largest absolute Gasteiger partial charge is 0.493 e. The highest BCUT2D eigenvalue weighted by Gasteiger charge is 2.11. The van der Waals surface area contributed by atoms with Gasteiger partial charge in [-0.05, 0) is 50.1 Å². The first-order chi connectivity index (χ1) is 15.0. The van der Waals surface area contributed by atoms with Crippen LogP contribution in [0.5, 0.6) is 11.5 Å². The van der Waals surface area contributed by atoms with Gasteiger partial charge >= 0.3 is 0 Å². The Morgan fingerprint density at radius 1 is 1.03 bits per heavy atom. The molecule has 0 aliphatic carbocycles. The number of methoxy groups -OCH3 is 1. The summed E-state index contributed by atoms with van der Waals surface area (Å²) in [4.78, 5) is 16.8. The molecule has 0 spiro atoms. The first kappa shape index (κ1) is 27.5. The van der Waals surface area contributed by atoms with E-state index < -0.39 is 0 Å². The predicted molar refractivity (Wildman–Crippen MR) is 143 cm³/mol. The number of halogens is 1. The first-order valence-corrected chi connectivity index (χ1v) is 10.8. The number of carbonyl (C=O) groups is 1. The maximum Gasteiger partial charge on any atom is 0.227 e. The van der Waals surface area contributed by atoms with E-state index in [9.17, 15) is 4.79 Å². The second-order valence-corrected chi connectivity index (χ2v) is 7.12. The van der Waals surface area contributed by atoms with Crippen LogP contribution in [0.4, 0.5) is 11.4 Å². The van der Waals surface area contributed by atoms with E-state index in [0.29, 0.717) is 30.6 Å². The van der Waals surface area contributed by atoms with E-state index in [1.165, 1.54) is 0 Å². The smallest absolute Gasteiger partial charge is 0.227 e. The van der Waals surface area contributed by atoms with E-state index in [2.05, 4.69) is 20.9 Å². The molecule has 3 N–H and O–H groups in total. The fourth-order valence-corrected chi connectivity index (χ4v) is 2.84. The van der Waals surface area contributed by atoms with Crippen molar-refractivity contribution in [2.45, 2.75) is 40.7 Å². The van der Waals surface area contributed by atoms with Gasteiger partial charge in [-0.25, -0.2) is 4.99 Å². The van der Waals surface area contributed by atoms with Gasteiger partial charge in [-0.2, -0.15) is 0 Å². The molecular weight excluding hydrogens is 519 g/mol. The number of amides is 1. The lowest BCUT2D eigenvalue weighted by Gasteiger charge is -2.15. The highest BCUT2D eigenvalue weighted by atomic mass is 127. The molecule has 0 bridgehead atoms. The lowest BCUT2D eigenvalue weighted by molar-refractivity contribution is -0.119. The third-order valence-electron chi connectivity index (χ3n) is 4.74. The van der Waals surface area contributed by atoms with Gasteiger partial charge in [0.25, 0.3) is 0 Å². The van der Waals surface area contributed by atoms with Crippen LogP contribution in [0.15, 0.2) is 47.5 Å². The van der Waals surface area contributed by atoms with E-state index in [4.69, 9.17) is 9.47 Å². The minimum Gasteiger partial charge on any atom is -0.493 e. The van der Waals surface area contributed by atoms with E-state index >= 15 is 0 Å². The fourth-order valence-electron chi connectivity index (χ4n) is 2.84. The number of carbonyl (C=O) groups excluding carboxylic acids is 1. The molecule has 1 amide bonds. The lowest BCUT2D eigenvalue weighted by atomic mass is 10.1. The van der Waals surface area contributed by atoms with Crippen LogP contribution in [0.25, 0.3) is 0 Å². The molecule has 0 heterocycles. The Morgan fingerprint density at radius 2 is 1.78 bits per heavy atom. The number of ether oxygens (including phenoxy) is 2. The van der Waals surface area contributed by atoms with E-state index in [1.54, 1.807) is 7.11 Å². The maximum atomic E-state index is 12.2. The summed E-state index contributed by atoms with van der Waals surface area (Å²) in [5, 5.41) is 9.52. The van der Waals surface area contributed by atoms with Gasteiger partial charge in [0.1, 0.15) is 0 Å². The monoisotopic (exact) mass is 554 g/mol. The highest BCUT2D eigenvalue weighted by molar-refractivity contribution is 14.0. The molecule has 2 rings (SSSR count). The normalized spacial score (nSPS) is 11.7. The summed E-state index contributed by atoms with van der Waals surface area (Å²) in [5.74, 6) is 2.03. The summed E-state index contributed by atoms with van der Waals surface area (Å²) in [6, 6.07) is 13.4. The molecule has 2 aromatic carbocycles. The Kier molecular flexibility index (Phi) is 12.5. The summed E-state index contributed by atoms with van der Waals surface area (Å²) < 4.78 is 11.0. The predicted octanol–water partition coefficient (Wildman–Crippen LogP) is 5.27. The average molecular weight is 554 g/mol. The SMILES string of the molecule is CCNC(=NCc1cccc(NC(=O)C(C)CC)c1)Nc1ccc(OC)c(OCC)c1.I. The second-order valence-electron chi connectivity index (χ2n) is 7.12. The minimum absolute atomic E-state index is 0. The van der Waals surface area contributed by atoms with E-state index in [1.807, 2.05) is 70.2 Å². The quantitative estimate of drug-likeness (QED) is 0.212. The van der Waals surface area contributed by atoms with Crippen molar-refractivity contribution in [3.8, 4) is 11.5 Å². The number of hydrogen-bond donors (Lipinski definition) is 3. The maximum absolute atomic E-state index is 12.2. The van der Waals surface area contributed by atoms with Crippen molar-refractivity contribution in [3.63, 3.8) is 0 Å². The second kappa shape index (κ2) is 14.5. The van der Waals surface area contributed by atoms with Gasteiger partial charge in [-0.15, -0.1) is 24.0 Å². The van der Waals surface area contributed by atoms with Crippen LogP contribution < -0.4 is 25.4 Å². The molecule has 0 saturated heterocycles. The summed E-state index contributed by atoms with van der Waals surface area (Å²) in [6.45, 7) is 9.63. The topological polar surface area (TPSA) is 84.0 Å². The van der Waals surface area contributed by atoms with Gasteiger partial charge in [-0.3, -0.25) is 4.79 Å². The molecule has 32 heavy (non-hydrogen) atoms. The van der Waals surface area contributed by atoms with E-state index in [0.717, 1.165) is 29.9 Å². The van der Waals surface area contributed by atoms with E-state index in [-0.39, 0.29) is 35.8 Å². The Hall–Kier alpha value is -2.49. The van der Waals surface area contributed by atoms with Gasteiger partial charge < -0.3 is 25.4 Å². The van der Waals surface area contributed by atoms with Gasteiger partial charge in [0.05, 0.1) is 20.3 Å². The van der Waals surface area contributed by atoms with Crippen molar-refractivity contribution in [1.82, 2.24) is 5.32 Å². The Bertz CT molecular complexity index is 889. The molecular formula is C24H35IN4O3. The number of rotatable bonds is 10. The van der Waals surface area contributed by atoms with Crippen LogP contribution >= 0.6 is 24.0 Å².